The highest BCUT2D eigenvalue weighted by molar-refractivity contribution is 4.56. The second kappa shape index (κ2) is 13.9. The van der Waals surface area contributed by atoms with Crippen LogP contribution in [0.1, 0.15) is 39.5 Å². The lowest BCUT2D eigenvalue weighted by atomic mass is 10.4. The van der Waals surface area contributed by atoms with Gasteiger partial charge < -0.3 is 15.4 Å². The molecule has 3 nitrogen and oxygen atoms in total. The molecule has 0 atom stereocenters. The molecule has 2 N–H and O–H groups in total. The maximum Gasteiger partial charge on any atom is 0.0437 e. The lowest BCUT2D eigenvalue weighted by molar-refractivity contribution is 0.162. The Balaban J connectivity index is 0.000000196. The molecule has 92 valence electrons. The van der Waals surface area contributed by atoms with E-state index in [1.54, 1.807) is 0 Å². The lowest BCUT2D eigenvalue weighted by Gasteiger charge is -1.86. The smallest absolute Gasteiger partial charge is 0.0437 e. The molecule has 0 aromatic heterocycles. The molecule has 2 saturated heterocycles. The summed E-state index contributed by atoms with van der Waals surface area (Å²) in [5.74, 6) is 0. The van der Waals surface area contributed by atoms with Crippen molar-refractivity contribution in [3.05, 3.63) is 0 Å². The molecule has 2 aliphatic rings. The normalized spacial score (nSPS) is 18.8. The van der Waals surface area contributed by atoms with E-state index in [-0.39, 0.29) is 0 Å². The summed E-state index contributed by atoms with van der Waals surface area (Å²) in [6.45, 7) is 10.7. The Hall–Kier alpha value is -0.120. The summed E-state index contributed by atoms with van der Waals surface area (Å²) in [7, 11) is 0. The van der Waals surface area contributed by atoms with Crippen LogP contribution < -0.4 is 10.6 Å². The number of ether oxygens (including phenoxy) is 1. The molecule has 0 unspecified atom stereocenters. The maximum atomic E-state index is 4.83. The fraction of sp³-hybridized carbons (Fsp3) is 1.00. The minimum Gasteiger partial charge on any atom is -0.382 e. The Morgan fingerprint density at radius 2 is 1.07 bits per heavy atom. The standard InChI is InChI=1S/2C4H9N.C4H10O/c2*1-2-4-5-3-1;1-3-5-4-2/h2*5H,1-4H2;3-4H2,1-2H3. The average Bonchev–Trinajstić information content (AvgIpc) is 2.99. The van der Waals surface area contributed by atoms with E-state index in [0.717, 1.165) is 13.2 Å². The van der Waals surface area contributed by atoms with Crippen LogP contribution >= 0.6 is 0 Å². The second-order valence-electron chi connectivity index (χ2n) is 3.70. The van der Waals surface area contributed by atoms with Crippen molar-refractivity contribution in [1.82, 2.24) is 10.6 Å². The third-order valence-corrected chi connectivity index (χ3v) is 2.32. The summed E-state index contributed by atoms with van der Waals surface area (Å²) in [5.41, 5.74) is 0. The fourth-order valence-corrected chi connectivity index (χ4v) is 1.45. The van der Waals surface area contributed by atoms with Crippen LogP contribution in [0.2, 0.25) is 0 Å². The van der Waals surface area contributed by atoms with Gasteiger partial charge >= 0.3 is 0 Å². The van der Waals surface area contributed by atoms with Crippen LogP contribution in [0, 0.1) is 0 Å². The van der Waals surface area contributed by atoms with Gasteiger partial charge in [0.15, 0.2) is 0 Å². The summed E-state index contributed by atoms with van der Waals surface area (Å²) in [5, 5.41) is 6.44. The van der Waals surface area contributed by atoms with E-state index in [4.69, 9.17) is 4.74 Å². The van der Waals surface area contributed by atoms with E-state index in [9.17, 15) is 0 Å². The Morgan fingerprint density at radius 3 is 1.13 bits per heavy atom. The van der Waals surface area contributed by atoms with Gasteiger partial charge in [-0.25, -0.2) is 0 Å². The molecule has 3 heteroatoms. The second-order valence-corrected chi connectivity index (χ2v) is 3.70. The maximum absolute atomic E-state index is 4.83. The molecule has 0 aliphatic carbocycles. The highest BCUT2D eigenvalue weighted by Gasteiger charge is 1.93. The molecule has 0 spiro atoms. The number of rotatable bonds is 2. The molecule has 2 rings (SSSR count). The molecule has 2 fully saturated rings. The third-order valence-electron chi connectivity index (χ3n) is 2.32. The molecule has 0 aromatic carbocycles. The molecule has 2 heterocycles. The molecule has 15 heavy (non-hydrogen) atoms. The Labute approximate surface area is 95.0 Å². The third kappa shape index (κ3) is 13.9. The first kappa shape index (κ1) is 14.9. The zero-order valence-electron chi connectivity index (χ0n) is 10.5. The van der Waals surface area contributed by atoms with Gasteiger partial charge in [0.1, 0.15) is 0 Å². The molecular weight excluding hydrogens is 188 g/mol. The molecular formula is C12H28N2O. The van der Waals surface area contributed by atoms with E-state index in [1.165, 1.54) is 51.9 Å². The van der Waals surface area contributed by atoms with Gasteiger partial charge in [0.2, 0.25) is 0 Å². The van der Waals surface area contributed by atoms with Crippen molar-refractivity contribution in [1.29, 1.82) is 0 Å². The van der Waals surface area contributed by atoms with Gasteiger partial charge in [-0.15, -0.1) is 0 Å². The highest BCUT2D eigenvalue weighted by atomic mass is 16.5. The van der Waals surface area contributed by atoms with Crippen molar-refractivity contribution >= 4 is 0 Å². The number of hydrogen-bond acceptors (Lipinski definition) is 3. The van der Waals surface area contributed by atoms with Crippen LogP contribution in [0.3, 0.4) is 0 Å². The van der Waals surface area contributed by atoms with Crippen molar-refractivity contribution in [3.63, 3.8) is 0 Å². The van der Waals surface area contributed by atoms with Crippen LogP contribution in [-0.2, 0) is 4.74 Å². The number of hydrogen-bond donors (Lipinski definition) is 2. The highest BCUT2D eigenvalue weighted by Crippen LogP contribution is 1.90. The summed E-state index contributed by atoms with van der Waals surface area (Å²) in [4.78, 5) is 0. The summed E-state index contributed by atoms with van der Waals surface area (Å²) in [6, 6.07) is 0. The van der Waals surface area contributed by atoms with Crippen molar-refractivity contribution in [2.24, 2.45) is 0 Å². The largest absolute Gasteiger partial charge is 0.382 e. The van der Waals surface area contributed by atoms with Crippen LogP contribution in [0.5, 0.6) is 0 Å². The molecule has 0 amide bonds. The Bertz CT molecular complexity index is 74.6. The monoisotopic (exact) mass is 216 g/mol. The van der Waals surface area contributed by atoms with Gasteiger partial charge in [0, 0.05) is 13.2 Å². The minimum atomic E-state index is 0.844. The van der Waals surface area contributed by atoms with Crippen LogP contribution in [-0.4, -0.2) is 39.4 Å². The van der Waals surface area contributed by atoms with Crippen LogP contribution in [0.25, 0.3) is 0 Å². The van der Waals surface area contributed by atoms with E-state index in [2.05, 4.69) is 10.6 Å². The van der Waals surface area contributed by atoms with Gasteiger partial charge in [-0.2, -0.15) is 0 Å². The van der Waals surface area contributed by atoms with Crippen LogP contribution in [0.15, 0.2) is 0 Å². The van der Waals surface area contributed by atoms with Gasteiger partial charge in [0.25, 0.3) is 0 Å². The molecule has 0 aromatic rings. The first-order chi connectivity index (χ1) is 7.41. The Kier molecular flexibility index (Phi) is 13.8. The predicted octanol–water partition coefficient (Wildman–Crippen LogP) is 1.78. The topological polar surface area (TPSA) is 33.3 Å². The van der Waals surface area contributed by atoms with Crippen molar-refractivity contribution < 1.29 is 4.74 Å². The van der Waals surface area contributed by atoms with Gasteiger partial charge in [-0.05, 0) is 65.7 Å². The zero-order chi connectivity index (χ0) is 11.2. The first-order valence-corrected chi connectivity index (χ1v) is 6.41. The molecule has 0 saturated carbocycles. The summed E-state index contributed by atoms with van der Waals surface area (Å²) in [6.07, 6.45) is 5.56. The van der Waals surface area contributed by atoms with Gasteiger partial charge in [0.05, 0.1) is 0 Å². The predicted molar refractivity (Wildman–Crippen MR) is 66.4 cm³/mol. The van der Waals surface area contributed by atoms with Crippen molar-refractivity contribution in [3.8, 4) is 0 Å². The average molecular weight is 216 g/mol. The van der Waals surface area contributed by atoms with E-state index in [1.807, 2.05) is 13.8 Å². The van der Waals surface area contributed by atoms with Gasteiger partial charge in [-0.1, -0.05) is 0 Å². The first-order valence-electron chi connectivity index (χ1n) is 6.41. The van der Waals surface area contributed by atoms with E-state index >= 15 is 0 Å². The molecule has 0 radical (unpaired) electrons. The lowest BCUT2D eigenvalue weighted by Crippen LogP contribution is -2.03. The van der Waals surface area contributed by atoms with Gasteiger partial charge in [-0.3, -0.25) is 0 Å². The van der Waals surface area contributed by atoms with Crippen molar-refractivity contribution in [2.45, 2.75) is 39.5 Å². The minimum absolute atomic E-state index is 0.844. The summed E-state index contributed by atoms with van der Waals surface area (Å²) < 4.78 is 4.83. The molecule has 0 bridgehead atoms. The quantitative estimate of drug-likeness (QED) is 0.738. The Morgan fingerprint density at radius 1 is 0.733 bits per heavy atom. The van der Waals surface area contributed by atoms with Crippen molar-refractivity contribution in [2.75, 3.05) is 39.4 Å². The SMILES string of the molecule is C1CCNC1.C1CCNC1.CCOCC. The zero-order valence-corrected chi connectivity index (χ0v) is 10.5. The number of nitrogens with one attached hydrogen (secondary N) is 2. The summed E-state index contributed by atoms with van der Waals surface area (Å²) >= 11 is 0. The fourth-order valence-electron chi connectivity index (χ4n) is 1.45. The molecule has 2 aliphatic heterocycles. The van der Waals surface area contributed by atoms with E-state index < -0.39 is 0 Å². The van der Waals surface area contributed by atoms with Crippen LogP contribution in [0.4, 0.5) is 0 Å². The van der Waals surface area contributed by atoms with E-state index in [0.29, 0.717) is 0 Å².